The van der Waals surface area contributed by atoms with E-state index in [4.69, 9.17) is 4.74 Å². The Morgan fingerprint density at radius 3 is 1.92 bits per heavy atom. The summed E-state index contributed by atoms with van der Waals surface area (Å²) in [6, 6.07) is 4.24. The molecule has 1 saturated carbocycles. The van der Waals surface area contributed by atoms with Crippen LogP contribution in [0.5, 0.6) is 0 Å². The first kappa shape index (κ1) is 38.7. The number of alkyl halides is 9. The van der Waals surface area contributed by atoms with Gasteiger partial charge in [-0.2, -0.15) is 44.3 Å². The van der Waals surface area contributed by atoms with Crippen molar-refractivity contribution in [2.75, 3.05) is 22.9 Å². The monoisotopic (exact) mass is 716 g/mol. The maximum Gasteiger partial charge on any atom is 0.416 e. The van der Waals surface area contributed by atoms with Crippen LogP contribution in [-0.2, 0) is 48.2 Å². The van der Waals surface area contributed by atoms with Gasteiger partial charge in [-0.15, -0.1) is 17.5 Å². The van der Waals surface area contributed by atoms with Gasteiger partial charge in [0, 0.05) is 38.8 Å². The number of rotatable bonds is 10. The Bertz CT molecular complexity index is 1500. The smallest absolute Gasteiger partial charge is 0.416 e. The van der Waals surface area contributed by atoms with Crippen LogP contribution in [0.3, 0.4) is 0 Å². The largest absolute Gasteiger partial charge is 0.463 e. The highest BCUT2D eigenvalue weighted by Gasteiger charge is 2.37. The fourth-order valence-electron chi connectivity index (χ4n) is 5.71. The highest BCUT2D eigenvalue weighted by atomic mass is 35.5. The molecule has 18 heteroatoms. The molecule has 1 aliphatic carbocycles. The van der Waals surface area contributed by atoms with Crippen LogP contribution in [0.1, 0.15) is 67.3 Å². The lowest BCUT2D eigenvalue weighted by molar-refractivity contribution is -0.148. The zero-order valence-corrected chi connectivity index (χ0v) is 26.9. The number of tetrazole rings is 1. The van der Waals surface area contributed by atoms with E-state index in [9.17, 15) is 44.3 Å². The number of aromatic nitrogens is 4. The zero-order chi connectivity index (χ0) is 34.7. The van der Waals surface area contributed by atoms with Crippen molar-refractivity contribution in [2.45, 2.75) is 77.3 Å². The Hall–Kier alpha value is -3.76. The molecular weight excluding hydrogens is 683 g/mol. The van der Waals surface area contributed by atoms with Gasteiger partial charge in [0.15, 0.2) is 0 Å². The van der Waals surface area contributed by atoms with Crippen LogP contribution in [0, 0.1) is 5.92 Å². The molecule has 1 aromatic heterocycles. The second kappa shape index (κ2) is 15.2. The summed E-state index contributed by atoms with van der Waals surface area (Å²) in [6.07, 6.45) is -12.5. The van der Waals surface area contributed by atoms with Crippen LogP contribution in [0.25, 0.3) is 0 Å². The number of benzene rings is 2. The van der Waals surface area contributed by atoms with Crippen molar-refractivity contribution in [1.29, 1.82) is 0 Å². The van der Waals surface area contributed by atoms with Crippen LogP contribution in [0.2, 0.25) is 0 Å². The van der Waals surface area contributed by atoms with Gasteiger partial charge in [-0.25, -0.2) is 0 Å². The maximum atomic E-state index is 13.9. The van der Waals surface area contributed by atoms with E-state index in [0.29, 0.717) is 56.6 Å². The summed E-state index contributed by atoms with van der Waals surface area (Å²) in [5, 5.41) is 11.6. The van der Waals surface area contributed by atoms with E-state index in [2.05, 4.69) is 15.4 Å². The lowest BCUT2D eigenvalue weighted by atomic mass is 9.86. The number of halogens is 10. The van der Waals surface area contributed by atoms with E-state index in [1.807, 2.05) is 11.8 Å². The molecule has 1 aliphatic rings. The lowest BCUT2D eigenvalue weighted by Gasteiger charge is -2.34. The molecule has 0 radical (unpaired) electrons. The van der Waals surface area contributed by atoms with Gasteiger partial charge in [0.2, 0.25) is 0 Å². The number of ether oxygens (including phenoxy) is 1. The SMILES string of the molecule is CCN(CC1CCC(OC(C)=O)CC1)c1ccc(C(F)(F)F)cc1CN(Cc1cc(C(F)(F)F)cc(C(F)(F)F)c1)c1nnn(C)n1.Cl. The van der Waals surface area contributed by atoms with Crippen LogP contribution >= 0.6 is 12.4 Å². The molecule has 0 amide bonds. The quantitative estimate of drug-likeness (QED) is 0.156. The highest BCUT2D eigenvalue weighted by Crippen LogP contribution is 2.38. The minimum Gasteiger partial charge on any atom is -0.463 e. The number of esters is 1. The fraction of sp³-hybridized carbons (Fsp3) is 0.533. The molecule has 0 unspecified atom stereocenters. The second-order valence-corrected chi connectivity index (χ2v) is 11.5. The molecule has 3 aromatic rings. The van der Waals surface area contributed by atoms with Gasteiger partial charge in [0.05, 0.1) is 23.7 Å². The van der Waals surface area contributed by atoms with Gasteiger partial charge in [0.25, 0.3) is 5.95 Å². The van der Waals surface area contributed by atoms with Crippen molar-refractivity contribution < 1.29 is 49.0 Å². The molecule has 2 aromatic carbocycles. The van der Waals surface area contributed by atoms with Crippen molar-refractivity contribution in [3.8, 4) is 0 Å². The van der Waals surface area contributed by atoms with Gasteiger partial charge in [-0.05, 0) is 91.3 Å². The Morgan fingerprint density at radius 1 is 0.854 bits per heavy atom. The Morgan fingerprint density at radius 2 is 1.44 bits per heavy atom. The topological polar surface area (TPSA) is 76.4 Å². The third kappa shape index (κ3) is 10.1. The minimum absolute atomic E-state index is 0. The summed E-state index contributed by atoms with van der Waals surface area (Å²) in [5.74, 6) is -0.464. The third-order valence-electron chi connectivity index (χ3n) is 7.90. The molecule has 1 heterocycles. The molecule has 0 saturated heterocycles. The number of hydrogen-bond donors (Lipinski definition) is 0. The Balaban J connectivity index is 0.00000625. The van der Waals surface area contributed by atoms with E-state index in [-0.39, 0.29) is 48.0 Å². The van der Waals surface area contributed by atoms with Crippen molar-refractivity contribution >= 4 is 30.0 Å². The Kier molecular flexibility index (Phi) is 12.3. The molecule has 8 nitrogen and oxygen atoms in total. The van der Waals surface area contributed by atoms with Gasteiger partial charge in [0.1, 0.15) is 6.10 Å². The number of carbonyl (C=O) groups excluding carboxylic acids is 1. The molecule has 1 fully saturated rings. The molecule has 4 rings (SSSR count). The number of nitrogens with zero attached hydrogens (tertiary/aromatic N) is 6. The van der Waals surface area contributed by atoms with Gasteiger partial charge in [-0.1, -0.05) is 5.10 Å². The number of carbonyl (C=O) groups is 1. The van der Waals surface area contributed by atoms with Crippen LogP contribution in [-0.4, -0.2) is 45.4 Å². The molecule has 0 N–H and O–H groups in total. The average Bonchev–Trinajstić information content (AvgIpc) is 3.41. The number of anilines is 2. The summed E-state index contributed by atoms with van der Waals surface area (Å²) in [5.41, 5.74) is -3.96. The second-order valence-electron chi connectivity index (χ2n) is 11.5. The fourth-order valence-corrected chi connectivity index (χ4v) is 5.71. The third-order valence-corrected chi connectivity index (χ3v) is 7.90. The van der Waals surface area contributed by atoms with Gasteiger partial charge >= 0.3 is 24.5 Å². The number of hydrogen-bond acceptors (Lipinski definition) is 7. The molecule has 0 bridgehead atoms. The molecule has 0 spiro atoms. The molecule has 266 valence electrons. The van der Waals surface area contributed by atoms with Gasteiger partial charge < -0.3 is 14.5 Å². The molecule has 48 heavy (non-hydrogen) atoms. The first-order chi connectivity index (χ1) is 21.8. The summed E-state index contributed by atoms with van der Waals surface area (Å²) in [4.78, 5) is 15.4. The standard InChI is InChI=1S/C30H33F9N6O2.ClH/c1-4-44(15-19-5-8-25(9-6-19)47-18(2)46)26-10-7-22(28(31,32)33)13-21(26)17-45(27-40-42-43(3)41-27)16-20-11-23(29(34,35)36)14-24(12-20)30(37,38)39;/h7,10-14,19,25H,4-6,8-9,15-17H2,1-3H3;1H. The summed E-state index contributed by atoms with van der Waals surface area (Å²) in [6.45, 7) is 2.97. The van der Waals surface area contributed by atoms with Gasteiger partial charge in [-0.3, -0.25) is 4.79 Å². The predicted octanol–water partition coefficient (Wildman–Crippen LogP) is 7.84. The van der Waals surface area contributed by atoms with Crippen molar-refractivity contribution in [1.82, 2.24) is 20.2 Å². The normalized spacial score (nSPS) is 17.1. The van der Waals surface area contributed by atoms with Crippen molar-refractivity contribution in [2.24, 2.45) is 13.0 Å². The van der Waals surface area contributed by atoms with Crippen LogP contribution in [0.4, 0.5) is 51.1 Å². The summed E-state index contributed by atoms with van der Waals surface area (Å²) >= 11 is 0. The molecule has 0 atom stereocenters. The van der Waals surface area contributed by atoms with E-state index >= 15 is 0 Å². The minimum atomic E-state index is -5.10. The highest BCUT2D eigenvalue weighted by molar-refractivity contribution is 5.85. The average molecular weight is 717 g/mol. The number of aryl methyl sites for hydroxylation is 1. The first-order valence-corrected chi connectivity index (χ1v) is 14.7. The lowest BCUT2D eigenvalue weighted by Crippen LogP contribution is -2.34. The van der Waals surface area contributed by atoms with E-state index in [0.717, 1.165) is 16.9 Å². The maximum absolute atomic E-state index is 13.9. The molecule has 0 aliphatic heterocycles. The van der Waals surface area contributed by atoms with E-state index < -0.39 is 53.9 Å². The Labute approximate surface area is 276 Å². The van der Waals surface area contributed by atoms with Crippen LogP contribution < -0.4 is 9.80 Å². The van der Waals surface area contributed by atoms with Crippen molar-refractivity contribution in [3.05, 3.63) is 64.2 Å². The van der Waals surface area contributed by atoms with E-state index in [1.165, 1.54) is 24.9 Å². The summed E-state index contributed by atoms with van der Waals surface area (Å²) in [7, 11) is 1.38. The predicted molar refractivity (Wildman–Crippen MR) is 159 cm³/mol. The molecular formula is C30H34ClF9N6O2. The first-order valence-electron chi connectivity index (χ1n) is 14.7. The zero-order valence-electron chi connectivity index (χ0n) is 26.1. The van der Waals surface area contributed by atoms with Crippen LogP contribution in [0.15, 0.2) is 36.4 Å². The van der Waals surface area contributed by atoms with Crippen molar-refractivity contribution in [3.63, 3.8) is 0 Å². The summed E-state index contributed by atoms with van der Waals surface area (Å²) < 4.78 is 129. The van der Waals surface area contributed by atoms with E-state index in [1.54, 1.807) is 0 Å².